The number of aryl methyl sites for hydroxylation is 1. The van der Waals surface area contributed by atoms with Gasteiger partial charge in [-0.15, -0.1) is 17.9 Å². The molecule has 130 valence electrons. The molecule has 0 saturated carbocycles. The number of urea groups is 1. The maximum atomic E-state index is 12.1. The van der Waals surface area contributed by atoms with E-state index in [9.17, 15) is 14.4 Å². The van der Waals surface area contributed by atoms with E-state index in [1.165, 1.54) is 27.9 Å². The van der Waals surface area contributed by atoms with E-state index in [-0.39, 0.29) is 6.54 Å². The Morgan fingerprint density at radius 2 is 2.25 bits per heavy atom. The van der Waals surface area contributed by atoms with Gasteiger partial charge in [0.25, 0.3) is 5.91 Å². The van der Waals surface area contributed by atoms with Gasteiger partial charge in [0, 0.05) is 11.4 Å². The Balaban J connectivity index is 1.83. The van der Waals surface area contributed by atoms with Gasteiger partial charge in [-0.2, -0.15) is 0 Å². The molecule has 24 heavy (non-hydrogen) atoms. The molecule has 0 aliphatic heterocycles. The van der Waals surface area contributed by atoms with Crippen LogP contribution < -0.4 is 10.6 Å². The molecule has 0 unspecified atom stereocenters. The van der Waals surface area contributed by atoms with Crippen LogP contribution in [0.3, 0.4) is 0 Å². The van der Waals surface area contributed by atoms with Crippen LogP contribution in [0.2, 0.25) is 0 Å². The number of ether oxygens (including phenoxy) is 1. The summed E-state index contributed by atoms with van der Waals surface area (Å²) in [6.07, 6.45) is 5.78. The molecule has 3 amide bonds. The molecule has 2 N–H and O–H groups in total. The van der Waals surface area contributed by atoms with E-state index in [1.807, 2.05) is 6.07 Å². The molecule has 6 nitrogen and oxygen atoms in total. The third-order valence-corrected chi connectivity index (χ3v) is 5.17. The lowest BCUT2D eigenvalue weighted by Crippen LogP contribution is -2.41. The van der Waals surface area contributed by atoms with Gasteiger partial charge in [0.15, 0.2) is 6.61 Å². The zero-order valence-corrected chi connectivity index (χ0v) is 14.5. The SMILES string of the molecule is C=CCNC(=O)NC(=O)COC(=O)c1cc2c(s1)CC[C@@H](CC)C2. The van der Waals surface area contributed by atoms with Gasteiger partial charge >= 0.3 is 12.0 Å². The molecular formula is C17H22N2O4S. The zero-order chi connectivity index (χ0) is 17.5. The molecule has 1 atom stereocenters. The molecule has 0 aromatic carbocycles. The van der Waals surface area contributed by atoms with E-state index in [2.05, 4.69) is 24.1 Å². The molecule has 0 saturated heterocycles. The zero-order valence-electron chi connectivity index (χ0n) is 13.7. The van der Waals surface area contributed by atoms with E-state index < -0.39 is 24.5 Å². The first kappa shape index (κ1) is 18.2. The molecule has 0 spiro atoms. The third-order valence-electron chi connectivity index (χ3n) is 3.96. The second-order valence-corrected chi connectivity index (χ2v) is 6.84. The van der Waals surface area contributed by atoms with Crippen molar-refractivity contribution in [1.29, 1.82) is 0 Å². The van der Waals surface area contributed by atoms with Crippen molar-refractivity contribution >= 4 is 29.2 Å². The molecule has 7 heteroatoms. The van der Waals surface area contributed by atoms with Crippen molar-refractivity contribution in [1.82, 2.24) is 10.6 Å². The summed E-state index contributed by atoms with van der Waals surface area (Å²) < 4.78 is 4.99. The number of thiophene rings is 1. The van der Waals surface area contributed by atoms with Gasteiger partial charge in [-0.3, -0.25) is 10.1 Å². The van der Waals surface area contributed by atoms with Crippen LogP contribution in [0.4, 0.5) is 4.79 Å². The maximum absolute atomic E-state index is 12.1. The Bertz CT molecular complexity index is 639. The van der Waals surface area contributed by atoms with Gasteiger partial charge in [-0.05, 0) is 36.8 Å². The van der Waals surface area contributed by atoms with Gasteiger partial charge in [0.2, 0.25) is 0 Å². The molecule has 1 aliphatic rings. The summed E-state index contributed by atoms with van der Waals surface area (Å²) in [5.41, 5.74) is 1.22. The van der Waals surface area contributed by atoms with E-state index >= 15 is 0 Å². The Morgan fingerprint density at radius 1 is 1.46 bits per heavy atom. The minimum absolute atomic E-state index is 0.248. The highest BCUT2D eigenvalue weighted by Gasteiger charge is 2.23. The lowest BCUT2D eigenvalue weighted by Gasteiger charge is -2.19. The first-order chi connectivity index (χ1) is 11.5. The number of carbonyl (C=O) groups is 3. The van der Waals surface area contributed by atoms with E-state index in [4.69, 9.17) is 4.74 Å². The highest BCUT2D eigenvalue weighted by Crippen LogP contribution is 2.33. The molecule has 2 rings (SSSR count). The van der Waals surface area contributed by atoms with Crippen molar-refractivity contribution < 1.29 is 19.1 Å². The number of rotatable bonds is 6. The van der Waals surface area contributed by atoms with Crippen LogP contribution in [-0.4, -0.2) is 31.1 Å². The molecule has 0 radical (unpaired) electrons. The average Bonchev–Trinajstić information content (AvgIpc) is 3.00. The van der Waals surface area contributed by atoms with Crippen molar-refractivity contribution in [2.45, 2.75) is 32.6 Å². The predicted molar refractivity (Wildman–Crippen MR) is 92.1 cm³/mol. The summed E-state index contributed by atoms with van der Waals surface area (Å²) >= 11 is 1.44. The number of hydrogen-bond acceptors (Lipinski definition) is 5. The van der Waals surface area contributed by atoms with Crippen LogP contribution in [0.1, 0.15) is 39.9 Å². The largest absolute Gasteiger partial charge is 0.451 e. The van der Waals surface area contributed by atoms with Crippen molar-refractivity contribution in [2.75, 3.05) is 13.2 Å². The molecule has 1 aromatic heterocycles. The van der Waals surface area contributed by atoms with Crippen LogP contribution >= 0.6 is 11.3 Å². The summed E-state index contributed by atoms with van der Waals surface area (Å²) in [5, 5.41) is 4.47. The van der Waals surface area contributed by atoms with E-state index in [1.54, 1.807) is 0 Å². The van der Waals surface area contributed by atoms with Crippen LogP contribution in [0.5, 0.6) is 0 Å². The second kappa shape index (κ2) is 8.63. The van der Waals surface area contributed by atoms with Crippen LogP contribution in [0.15, 0.2) is 18.7 Å². The topological polar surface area (TPSA) is 84.5 Å². The summed E-state index contributed by atoms with van der Waals surface area (Å²) in [5.74, 6) is -0.516. The van der Waals surface area contributed by atoms with Crippen LogP contribution in [0, 0.1) is 5.92 Å². The molecular weight excluding hydrogens is 328 g/mol. The Kier molecular flexibility index (Phi) is 6.54. The van der Waals surface area contributed by atoms with E-state index in [0.717, 1.165) is 25.7 Å². The number of fused-ring (bicyclic) bond motifs is 1. The molecule has 1 aliphatic carbocycles. The number of carbonyl (C=O) groups excluding carboxylic acids is 3. The first-order valence-electron chi connectivity index (χ1n) is 8.00. The smallest absolute Gasteiger partial charge is 0.348 e. The standard InChI is InChI=1S/C17H22N2O4S/c1-3-7-18-17(22)19-15(20)10-23-16(21)14-9-12-8-11(4-2)5-6-13(12)24-14/h3,9,11H,1,4-8,10H2,2H3,(H2,18,19,20,22)/t11-/m1/s1. The number of hydrogen-bond donors (Lipinski definition) is 2. The Hall–Kier alpha value is -2.15. The summed E-state index contributed by atoms with van der Waals surface area (Å²) in [6.45, 7) is 5.39. The minimum atomic E-state index is -0.669. The lowest BCUT2D eigenvalue weighted by molar-refractivity contribution is -0.123. The number of imide groups is 1. The van der Waals surface area contributed by atoms with Crippen molar-refractivity contribution in [2.24, 2.45) is 5.92 Å². The molecule has 1 aromatic rings. The molecule has 1 heterocycles. The maximum Gasteiger partial charge on any atom is 0.348 e. The third kappa shape index (κ3) is 4.92. The molecule has 0 fully saturated rings. The quantitative estimate of drug-likeness (QED) is 0.610. The van der Waals surface area contributed by atoms with Gasteiger partial charge in [-0.1, -0.05) is 19.4 Å². The van der Waals surface area contributed by atoms with Gasteiger partial charge < -0.3 is 10.1 Å². The van der Waals surface area contributed by atoms with Gasteiger partial charge in [0.1, 0.15) is 4.88 Å². The van der Waals surface area contributed by atoms with Crippen molar-refractivity contribution in [3.05, 3.63) is 34.0 Å². The fourth-order valence-corrected chi connectivity index (χ4v) is 3.72. The Labute approximate surface area is 145 Å². The average molecular weight is 350 g/mol. The van der Waals surface area contributed by atoms with Gasteiger partial charge in [0.05, 0.1) is 0 Å². The lowest BCUT2D eigenvalue weighted by atomic mass is 9.87. The number of esters is 1. The second-order valence-electron chi connectivity index (χ2n) is 5.70. The highest BCUT2D eigenvalue weighted by molar-refractivity contribution is 7.14. The van der Waals surface area contributed by atoms with Crippen molar-refractivity contribution in [3.63, 3.8) is 0 Å². The highest BCUT2D eigenvalue weighted by atomic mass is 32.1. The van der Waals surface area contributed by atoms with Crippen molar-refractivity contribution in [3.8, 4) is 0 Å². The fraction of sp³-hybridized carbons (Fsp3) is 0.471. The number of nitrogens with one attached hydrogen (secondary N) is 2. The predicted octanol–water partition coefficient (Wildman–Crippen LogP) is 2.43. The normalized spacial score (nSPS) is 16.0. The fourth-order valence-electron chi connectivity index (χ4n) is 2.62. The molecule has 0 bridgehead atoms. The first-order valence-corrected chi connectivity index (χ1v) is 8.82. The van der Waals surface area contributed by atoms with E-state index in [0.29, 0.717) is 10.8 Å². The van der Waals surface area contributed by atoms with Gasteiger partial charge in [-0.25, -0.2) is 9.59 Å². The summed E-state index contributed by atoms with van der Waals surface area (Å²) in [6, 6.07) is 1.23. The monoisotopic (exact) mass is 350 g/mol. The Morgan fingerprint density at radius 3 is 2.96 bits per heavy atom. The van der Waals surface area contributed by atoms with Crippen LogP contribution in [0.25, 0.3) is 0 Å². The summed E-state index contributed by atoms with van der Waals surface area (Å²) in [4.78, 5) is 36.7. The van der Waals surface area contributed by atoms with Crippen LogP contribution in [-0.2, 0) is 22.4 Å². The minimum Gasteiger partial charge on any atom is -0.451 e. The number of amides is 3. The summed E-state index contributed by atoms with van der Waals surface area (Å²) in [7, 11) is 0.